The number of anilines is 1. The van der Waals surface area contributed by atoms with Gasteiger partial charge in [0, 0.05) is 23.8 Å². The van der Waals surface area contributed by atoms with Crippen LogP contribution >= 0.6 is 0 Å². The van der Waals surface area contributed by atoms with E-state index in [4.69, 9.17) is 9.47 Å². The van der Waals surface area contributed by atoms with Crippen molar-refractivity contribution < 1.29 is 14.3 Å². The molecule has 2 rings (SSSR count). The minimum absolute atomic E-state index is 0.165. The Hall–Kier alpha value is -1.91. The lowest BCUT2D eigenvalue weighted by atomic mass is 10.2. The summed E-state index contributed by atoms with van der Waals surface area (Å²) in [6.07, 6.45) is 2.55. The van der Waals surface area contributed by atoms with Gasteiger partial charge in [0.05, 0.1) is 7.11 Å². The van der Waals surface area contributed by atoms with Gasteiger partial charge in [-0.25, -0.2) is 4.79 Å². The van der Waals surface area contributed by atoms with Crippen LogP contribution < -0.4 is 15.4 Å². The molecule has 0 heterocycles. The highest BCUT2D eigenvalue weighted by Crippen LogP contribution is 2.25. The number of nitrogens with one attached hydrogen (secondary N) is 2. The maximum absolute atomic E-state index is 11.8. The third-order valence-corrected chi connectivity index (χ3v) is 3.59. The van der Waals surface area contributed by atoms with E-state index >= 15 is 0 Å². The quantitative estimate of drug-likeness (QED) is 0.893. The Morgan fingerprint density at radius 3 is 2.64 bits per heavy atom. The molecule has 1 aromatic carbocycles. The van der Waals surface area contributed by atoms with Gasteiger partial charge in [-0.05, 0) is 52.2 Å². The topological polar surface area (TPSA) is 59.6 Å². The van der Waals surface area contributed by atoms with Crippen LogP contribution in [-0.4, -0.2) is 30.9 Å². The highest BCUT2D eigenvalue weighted by molar-refractivity contribution is 5.68. The second-order valence-electron chi connectivity index (χ2n) is 6.73. The van der Waals surface area contributed by atoms with Gasteiger partial charge in [-0.2, -0.15) is 0 Å². The summed E-state index contributed by atoms with van der Waals surface area (Å²) >= 11 is 0. The number of benzene rings is 1. The van der Waals surface area contributed by atoms with Crippen LogP contribution in [-0.2, 0) is 4.74 Å². The highest BCUT2D eigenvalue weighted by atomic mass is 16.6. The van der Waals surface area contributed by atoms with Crippen molar-refractivity contribution in [1.82, 2.24) is 5.32 Å². The number of amides is 1. The predicted octanol–water partition coefficient (Wildman–Crippen LogP) is 3.55. The molecular formula is C17H26N2O3. The van der Waals surface area contributed by atoms with E-state index in [0.29, 0.717) is 6.04 Å². The van der Waals surface area contributed by atoms with E-state index in [1.807, 2.05) is 45.0 Å². The Kier molecular flexibility index (Phi) is 5.16. The molecule has 1 saturated carbocycles. The van der Waals surface area contributed by atoms with Crippen molar-refractivity contribution >= 4 is 11.8 Å². The summed E-state index contributed by atoms with van der Waals surface area (Å²) in [6, 6.07) is 8.41. The summed E-state index contributed by atoms with van der Waals surface area (Å²) in [7, 11) is 1.66. The first-order chi connectivity index (χ1) is 10.4. The normalized spacial score (nSPS) is 21.3. The van der Waals surface area contributed by atoms with E-state index < -0.39 is 5.60 Å². The van der Waals surface area contributed by atoms with Crippen LogP contribution in [0.2, 0.25) is 0 Å². The van der Waals surface area contributed by atoms with E-state index in [1.54, 1.807) is 7.11 Å². The maximum atomic E-state index is 11.8. The van der Waals surface area contributed by atoms with Crippen molar-refractivity contribution in [2.75, 3.05) is 12.4 Å². The highest BCUT2D eigenvalue weighted by Gasteiger charge is 2.27. The van der Waals surface area contributed by atoms with Crippen LogP contribution in [0.5, 0.6) is 5.75 Å². The molecular weight excluding hydrogens is 280 g/mol. The fraction of sp³-hybridized carbons (Fsp3) is 0.588. The number of hydrogen-bond acceptors (Lipinski definition) is 4. The minimum atomic E-state index is -0.457. The fourth-order valence-corrected chi connectivity index (χ4v) is 2.67. The Morgan fingerprint density at radius 1 is 1.23 bits per heavy atom. The van der Waals surface area contributed by atoms with Gasteiger partial charge in [-0.3, -0.25) is 0 Å². The largest absolute Gasteiger partial charge is 0.497 e. The van der Waals surface area contributed by atoms with Crippen LogP contribution in [0.4, 0.5) is 10.5 Å². The first-order valence-corrected chi connectivity index (χ1v) is 7.76. The number of carbonyl (C=O) groups is 1. The van der Waals surface area contributed by atoms with E-state index in [-0.39, 0.29) is 12.1 Å². The van der Waals surface area contributed by atoms with Gasteiger partial charge in [0.2, 0.25) is 0 Å². The van der Waals surface area contributed by atoms with Crippen molar-refractivity contribution in [2.45, 2.75) is 57.7 Å². The number of alkyl carbamates (subject to hydrolysis) is 1. The molecule has 2 N–H and O–H groups in total. The zero-order valence-electron chi connectivity index (χ0n) is 13.8. The van der Waals surface area contributed by atoms with Gasteiger partial charge >= 0.3 is 6.09 Å². The van der Waals surface area contributed by atoms with Crippen LogP contribution in [0.3, 0.4) is 0 Å². The summed E-state index contributed by atoms with van der Waals surface area (Å²) in [6.45, 7) is 5.61. The van der Waals surface area contributed by atoms with E-state index in [0.717, 1.165) is 30.7 Å². The first-order valence-electron chi connectivity index (χ1n) is 7.76. The molecule has 22 heavy (non-hydrogen) atoms. The van der Waals surface area contributed by atoms with E-state index in [2.05, 4.69) is 10.6 Å². The van der Waals surface area contributed by atoms with Crippen molar-refractivity contribution in [3.05, 3.63) is 24.3 Å². The molecule has 0 aliphatic heterocycles. The molecule has 0 aromatic heterocycles. The Bertz CT molecular complexity index is 511. The van der Waals surface area contributed by atoms with Crippen LogP contribution in [0, 0.1) is 0 Å². The second kappa shape index (κ2) is 6.90. The van der Waals surface area contributed by atoms with E-state index in [9.17, 15) is 4.79 Å². The molecule has 1 aromatic rings. The van der Waals surface area contributed by atoms with Gasteiger partial charge in [-0.1, -0.05) is 6.07 Å². The smallest absolute Gasteiger partial charge is 0.407 e. The predicted molar refractivity (Wildman–Crippen MR) is 87.4 cm³/mol. The third-order valence-electron chi connectivity index (χ3n) is 3.59. The first kappa shape index (κ1) is 16.5. The zero-order chi connectivity index (χ0) is 16.2. The summed E-state index contributed by atoms with van der Waals surface area (Å²) in [5.74, 6) is 0.839. The number of hydrogen-bond donors (Lipinski definition) is 2. The van der Waals surface area contributed by atoms with Crippen molar-refractivity contribution in [2.24, 2.45) is 0 Å². The van der Waals surface area contributed by atoms with Gasteiger partial charge in [0.15, 0.2) is 0 Å². The molecule has 1 fully saturated rings. The lowest BCUT2D eigenvalue weighted by Crippen LogP contribution is -2.38. The number of rotatable bonds is 4. The number of carbonyl (C=O) groups excluding carboxylic acids is 1. The molecule has 5 nitrogen and oxygen atoms in total. The third kappa shape index (κ3) is 5.13. The Balaban J connectivity index is 1.81. The van der Waals surface area contributed by atoms with Crippen LogP contribution in [0.25, 0.3) is 0 Å². The Labute approximate surface area is 132 Å². The summed E-state index contributed by atoms with van der Waals surface area (Å²) in [4.78, 5) is 11.8. The minimum Gasteiger partial charge on any atom is -0.497 e. The molecule has 122 valence electrons. The van der Waals surface area contributed by atoms with E-state index in [1.165, 1.54) is 0 Å². The average molecular weight is 306 g/mol. The SMILES string of the molecule is COc1cccc(NC2CCC(NC(=O)OC(C)(C)C)C2)c1. The molecule has 2 atom stereocenters. The van der Waals surface area contributed by atoms with Crippen LogP contribution in [0.1, 0.15) is 40.0 Å². The second-order valence-corrected chi connectivity index (χ2v) is 6.73. The number of ether oxygens (including phenoxy) is 2. The zero-order valence-corrected chi connectivity index (χ0v) is 13.8. The molecule has 5 heteroatoms. The Morgan fingerprint density at radius 2 is 1.95 bits per heavy atom. The summed E-state index contributed by atoms with van der Waals surface area (Å²) in [5.41, 5.74) is 0.586. The molecule has 1 aliphatic carbocycles. The van der Waals surface area contributed by atoms with Crippen LogP contribution in [0.15, 0.2) is 24.3 Å². The molecule has 0 radical (unpaired) electrons. The maximum Gasteiger partial charge on any atom is 0.407 e. The molecule has 2 unspecified atom stereocenters. The van der Waals surface area contributed by atoms with Crippen molar-refractivity contribution in [3.63, 3.8) is 0 Å². The molecule has 0 saturated heterocycles. The summed E-state index contributed by atoms with van der Waals surface area (Å²) in [5, 5.41) is 6.44. The molecule has 0 spiro atoms. The van der Waals surface area contributed by atoms with Gasteiger partial charge in [-0.15, -0.1) is 0 Å². The van der Waals surface area contributed by atoms with Crippen molar-refractivity contribution in [3.8, 4) is 5.75 Å². The van der Waals surface area contributed by atoms with Gasteiger partial charge in [0.25, 0.3) is 0 Å². The fourth-order valence-electron chi connectivity index (χ4n) is 2.67. The summed E-state index contributed by atoms with van der Waals surface area (Å²) < 4.78 is 10.5. The lowest BCUT2D eigenvalue weighted by Gasteiger charge is -2.22. The van der Waals surface area contributed by atoms with Gasteiger partial charge < -0.3 is 20.1 Å². The number of methoxy groups -OCH3 is 1. The lowest BCUT2D eigenvalue weighted by molar-refractivity contribution is 0.0505. The monoisotopic (exact) mass is 306 g/mol. The molecule has 1 aliphatic rings. The van der Waals surface area contributed by atoms with Crippen molar-refractivity contribution in [1.29, 1.82) is 0 Å². The van der Waals surface area contributed by atoms with Gasteiger partial charge in [0.1, 0.15) is 11.4 Å². The standard InChI is InChI=1S/C17H26N2O3/c1-17(2,3)22-16(20)19-14-9-8-13(10-14)18-12-6-5-7-15(11-12)21-4/h5-7,11,13-14,18H,8-10H2,1-4H3,(H,19,20). The molecule has 1 amide bonds. The average Bonchev–Trinajstić information content (AvgIpc) is 2.83. The molecule has 0 bridgehead atoms.